The topological polar surface area (TPSA) is 38.9 Å². The van der Waals surface area contributed by atoms with Gasteiger partial charge >= 0.3 is 6.18 Å². The third kappa shape index (κ3) is 2.48. The molecule has 1 heterocycles. The molecule has 0 aliphatic heterocycles. The second-order valence-corrected chi connectivity index (χ2v) is 4.04. The number of hydrogen-bond acceptors (Lipinski definition) is 2. The van der Waals surface area contributed by atoms with Gasteiger partial charge in [0.1, 0.15) is 11.2 Å². The molecule has 1 rings (SSSR count). The average molecular weight is 336 g/mol. The number of rotatable bonds is 1. The Balaban J connectivity index is 3.19. The predicted octanol–water partition coefficient (Wildman–Crippen LogP) is 2.90. The van der Waals surface area contributed by atoms with Crippen LogP contribution in [0.1, 0.15) is 11.6 Å². The molecule has 0 radical (unpaired) electrons. The second kappa shape index (κ2) is 4.19. The van der Waals surface area contributed by atoms with Crippen LogP contribution in [-0.2, 0) is 0 Å². The van der Waals surface area contributed by atoms with Crippen molar-refractivity contribution in [3.05, 3.63) is 26.5 Å². The van der Waals surface area contributed by atoms with Crippen LogP contribution in [0.25, 0.3) is 0 Å². The summed E-state index contributed by atoms with van der Waals surface area (Å²) in [4.78, 5) is 3.56. The van der Waals surface area contributed by atoms with Gasteiger partial charge in [0.25, 0.3) is 0 Å². The van der Waals surface area contributed by atoms with Crippen LogP contribution < -0.4 is 5.73 Å². The standard InChI is InChI=1S/C7H5ClF3IN2/c8-6-4(3(12)1-2-14-6)5(13)7(9,10)11/h1-2,5H,13H2/t5-/m0/s1. The van der Waals surface area contributed by atoms with Gasteiger partial charge in [0.05, 0.1) is 0 Å². The minimum absolute atomic E-state index is 0.178. The zero-order valence-electron chi connectivity index (χ0n) is 6.65. The molecule has 2 nitrogen and oxygen atoms in total. The van der Waals surface area contributed by atoms with E-state index in [-0.39, 0.29) is 10.7 Å². The highest BCUT2D eigenvalue weighted by atomic mass is 127. The molecule has 0 bridgehead atoms. The SMILES string of the molecule is N[C@@H](c1c(I)ccnc1Cl)C(F)(F)F. The van der Waals surface area contributed by atoms with Crippen LogP contribution in [0.2, 0.25) is 5.15 Å². The molecule has 78 valence electrons. The first kappa shape index (κ1) is 12.0. The Labute approximate surface area is 96.8 Å². The van der Waals surface area contributed by atoms with Crippen molar-refractivity contribution >= 4 is 34.2 Å². The van der Waals surface area contributed by atoms with Crippen LogP contribution >= 0.6 is 34.2 Å². The average Bonchev–Trinajstić information content (AvgIpc) is 2.01. The van der Waals surface area contributed by atoms with Gasteiger partial charge in [0.15, 0.2) is 0 Å². The molecule has 0 saturated heterocycles. The van der Waals surface area contributed by atoms with E-state index in [9.17, 15) is 13.2 Å². The first-order valence-electron chi connectivity index (χ1n) is 3.46. The van der Waals surface area contributed by atoms with Crippen LogP contribution in [0.5, 0.6) is 0 Å². The number of alkyl halides is 3. The summed E-state index contributed by atoms with van der Waals surface area (Å²) in [6.07, 6.45) is -3.18. The van der Waals surface area contributed by atoms with Gasteiger partial charge in [-0.3, -0.25) is 0 Å². The lowest BCUT2D eigenvalue weighted by Crippen LogP contribution is -2.29. The van der Waals surface area contributed by atoms with E-state index < -0.39 is 12.2 Å². The smallest absolute Gasteiger partial charge is 0.316 e. The van der Waals surface area contributed by atoms with Crippen LogP contribution in [0, 0.1) is 3.57 Å². The first-order valence-corrected chi connectivity index (χ1v) is 4.92. The van der Waals surface area contributed by atoms with E-state index in [0.717, 1.165) is 0 Å². The Hall–Kier alpha value is -0.0800. The molecule has 1 aromatic rings. The van der Waals surface area contributed by atoms with Crippen LogP contribution in [0.15, 0.2) is 12.3 Å². The zero-order valence-corrected chi connectivity index (χ0v) is 9.56. The fourth-order valence-corrected chi connectivity index (χ4v) is 2.05. The van der Waals surface area contributed by atoms with Crippen LogP contribution in [0.4, 0.5) is 13.2 Å². The van der Waals surface area contributed by atoms with Crippen molar-refractivity contribution in [3.8, 4) is 0 Å². The molecule has 0 unspecified atom stereocenters. The number of pyridine rings is 1. The van der Waals surface area contributed by atoms with E-state index in [0.29, 0.717) is 3.57 Å². The van der Waals surface area contributed by atoms with Gasteiger partial charge in [-0.25, -0.2) is 4.98 Å². The maximum Gasteiger partial charge on any atom is 0.407 e. The summed E-state index contributed by atoms with van der Waals surface area (Å²) in [5.74, 6) is 0. The van der Waals surface area contributed by atoms with E-state index >= 15 is 0 Å². The van der Waals surface area contributed by atoms with E-state index in [1.165, 1.54) is 12.3 Å². The lowest BCUT2D eigenvalue weighted by atomic mass is 10.1. The summed E-state index contributed by atoms with van der Waals surface area (Å²) in [5.41, 5.74) is 4.84. The molecule has 0 fully saturated rings. The quantitative estimate of drug-likeness (QED) is 0.633. The Bertz CT molecular complexity index is 322. The van der Waals surface area contributed by atoms with Gasteiger partial charge in [-0.1, -0.05) is 11.6 Å². The van der Waals surface area contributed by atoms with E-state index in [1.807, 2.05) is 0 Å². The van der Waals surface area contributed by atoms with Gasteiger partial charge in [-0.15, -0.1) is 0 Å². The summed E-state index contributed by atoms with van der Waals surface area (Å²) in [6, 6.07) is -0.663. The van der Waals surface area contributed by atoms with Gasteiger partial charge in [0, 0.05) is 15.3 Å². The molecule has 2 N–H and O–H groups in total. The van der Waals surface area contributed by atoms with Crippen molar-refractivity contribution in [1.29, 1.82) is 0 Å². The summed E-state index contributed by atoms with van der Waals surface area (Å²) in [5, 5.41) is -0.207. The van der Waals surface area contributed by atoms with Crippen molar-refractivity contribution < 1.29 is 13.2 Å². The third-order valence-electron chi connectivity index (χ3n) is 1.55. The molecule has 0 amide bonds. The molecule has 0 spiro atoms. The Morgan fingerprint density at radius 2 is 2.07 bits per heavy atom. The molecule has 0 saturated carbocycles. The Morgan fingerprint density at radius 3 is 2.50 bits per heavy atom. The monoisotopic (exact) mass is 336 g/mol. The molecule has 7 heteroatoms. The Morgan fingerprint density at radius 1 is 1.50 bits per heavy atom. The van der Waals surface area contributed by atoms with E-state index in [4.69, 9.17) is 17.3 Å². The zero-order chi connectivity index (χ0) is 10.9. The fraction of sp³-hybridized carbons (Fsp3) is 0.286. The van der Waals surface area contributed by atoms with Gasteiger partial charge in [0.2, 0.25) is 0 Å². The highest BCUT2D eigenvalue weighted by Gasteiger charge is 2.40. The predicted molar refractivity (Wildman–Crippen MR) is 54.9 cm³/mol. The van der Waals surface area contributed by atoms with Crippen LogP contribution in [-0.4, -0.2) is 11.2 Å². The van der Waals surface area contributed by atoms with E-state index in [1.54, 1.807) is 22.6 Å². The molecule has 0 aliphatic carbocycles. The molecule has 0 aromatic carbocycles. The molecular weight excluding hydrogens is 331 g/mol. The van der Waals surface area contributed by atoms with Crippen molar-refractivity contribution in [2.75, 3.05) is 0 Å². The molecule has 1 atom stereocenters. The van der Waals surface area contributed by atoms with Crippen molar-refractivity contribution in [1.82, 2.24) is 4.98 Å². The third-order valence-corrected chi connectivity index (χ3v) is 2.79. The number of aromatic nitrogens is 1. The second-order valence-electron chi connectivity index (χ2n) is 2.52. The summed E-state index contributed by atoms with van der Waals surface area (Å²) in [6.45, 7) is 0. The number of hydrogen-bond donors (Lipinski definition) is 1. The van der Waals surface area contributed by atoms with Crippen molar-refractivity contribution in [2.24, 2.45) is 5.73 Å². The Kier molecular flexibility index (Phi) is 3.59. The van der Waals surface area contributed by atoms with Gasteiger partial charge < -0.3 is 5.73 Å². The van der Waals surface area contributed by atoms with Gasteiger partial charge in [-0.2, -0.15) is 13.2 Å². The number of nitrogens with zero attached hydrogens (tertiary/aromatic N) is 1. The summed E-state index contributed by atoms with van der Waals surface area (Å²) in [7, 11) is 0. The van der Waals surface area contributed by atoms with Crippen LogP contribution in [0.3, 0.4) is 0 Å². The van der Waals surface area contributed by atoms with Crippen molar-refractivity contribution in [2.45, 2.75) is 12.2 Å². The molecule has 14 heavy (non-hydrogen) atoms. The maximum atomic E-state index is 12.3. The van der Waals surface area contributed by atoms with Gasteiger partial charge in [-0.05, 0) is 28.7 Å². The highest BCUT2D eigenvalue weighted by Crippen LogP contribution is 2.35. The molecular formula is C7H5ClF3IN2. The lowest BCUT2D eigenvalue weighted by Gasteiger charge is -2.17. The summed E-state index contributed by atoms with van der Waals surface area (Å²) >= 11 is 7.27. The minimum Gasteiger partial charge on any atom is -0.316 e. The normalized spacial score (nSPS) is 14.1. The minimum atomic E-state index is -4.51. The van der Waals surface area contributed by atoms with Crippen molar-refractivity contribution in [3.63, 3.8) is 0 Å². The molecule has 1 aromatic heterocycles. The number of nitrogens with two attached hydrogens (primary N) is 1. The maximum absolute atomic E-state index is 12.3. The largest absolute Gasteiger partial charge is 0.407 e. The first-order chi connectivity index (χ1) is 6.34. The number of halogens is 5. The van der Waals surface area contributed by atoms with E-state index in [2.05, 4.69) is 4.98 Å². The molecule has 0 aliphatic rings. The lowest BCUT2D eigenvalue weighted by molar-refractivity contribution is -0.149. The fourth-order valence-electron chi connectivity index (χ4n) is 0.867. The highest BCUT2D eigenvalue weighted by molar-refractivity contribution is 14.1. The summed E-state index contributed by atoms with van der Waals surface area (Å²) < 4.78 is 37.2.